The molecular weight excluding hydrogens is 412 g/mol. The third-order valence-corrected chi connectivity index (χ3v) is 7.10. The van der Waals surface area contributed by atoms with Crippen molar-refractivity contribution < 1.29 is 24.0 Å². The average Bonchev–Trinajstić information content (AvgIpc) is 3.01. The lowest BCUT2D eigenvalue weighted by molar-refractivity contribution is -0.136. The van der Waals surface area contributed by atoms with Gasteiger partial charge in [-0.25, -0.2) is 0 Å². The summed E-state index contributed by atoms with van der Waals surface area (Å²) in [5.74, 6) is -1.14. The van der Waals surface area contributed by atoms with Gasteiger partial charge in [-0.15, -0.1) is 0 Å². The third-order valence-electron chi connectivity index (χ3n) is 7.10. The Morgan fingerprint density at radius 2 is 1.69 bits per heavy atom. The maximum atomic E-state index is 13.0. The van der Waals surface area contributed by atoms with Crippen molar-refractivity contribution in [3.8, 4) is 0 Å². The predicted octanol–water partition coefficient (Wildman–Crippen LogP) is 0.435. The zero-order valence-corrected chi connectivity index (χ0v) is 17.8. The van der Waals surface area contributed by atoms with Gasteiger partial charge in [0.2, 0.25) is 11.8 Å². The number of carbonyl (C=O) groups excluding carboxylic acids is 5. The molecule has 5 rings (SSSR count). The fraction of sp³-hybridized carbons (Fsp3) is 0.522. The summed E-state index contributed by atoms with van der Waals surface area (Å²) in [5.41, 5.74) is 1.53. The molecule has 0 aliphatic carbocycles. The molecule has 0 radical (unpaired) electrons. The van der Waals surface area contributed by atoms with Crippen LogP contribution in [0.5, 0.6) is 0 Å². The molecule has 9 heteroatoms. The van der Waals surface area contributed by atoms with Gasteiger partial charge in [-0.1, -0.05) is 0 Å². The van der Waals surface area contributed by atoms with E-state index in [4.69, 9.17) is 0 Å². The molecule has 9 nitrogen and oxygen atoms in total. The number of hydrogen-bond acceptors (Lipinski definition) is 7. The molecule has 3 saturated heterocycles. The molecular formula is C23H26N4O5. The number of fused-ring (bicyclic) bond motifs is 1. The molecule has 4 amide bonds. The van der Waals surface area contributed by atoms with Gasteiger partial charge in [0, 0.05) is 50.7 Å². The van der Waals surface area contributed by atoms with E-state index >= 15 is 0 Å². The number of nitrogens with one attached hydrogen (secondary N) is 1. The van der Waals surface area contributed by atoms with Gasteiger partial charge in [-0.05, 0) is 43.4 Å². The lowest BCUT2D eigenvalue weighted by Crippen LogP contribution is -2.54. The van der Waals surface area contributed by atoms with Gasteiger partial charge in [0.15, 0.2) is 0 Å². The number of imide groups is 2. The van der Waals surface area contributed by atoms with E-state index in [1.54, 1.807) is 12.1 Å². The molecule has 1 aromatic rings. The molecule has 3 fully saturated rings. The zero-order valence-electron chi connectivity index (χ0n) is 17.8. The monoisotopic (exact) mass is 438 g/mol. The minimum atomic E-state index is -0.945. The van der Waals surface area contributed by atoms with Gasteiger partial charge in [0.1, 0.15) is 12.3 Å². The number of rotatable bonds is 5. The van der Waals surface area contributed by atoms with Crippen LogP contribution >= 0.6 is 0 Å². The number of aldehydes is 1. The van der Waals surface area contributed by atoms with E-state index in [0.717, 1.165) is 62.4 Å². The molecule has 0 spiro atoms. The second-order valence-electron chi connectivity index (χ2n) is 9.22. The summed E-state index contributed by atoms with van der Waals surface area (Å²) >= 11 is 0. The number of hydrogen-bond donors (Lipinski definition) is 1. The Morgan fingerprint density at radius 1 is 0.969 bits per heavy atom. The van der Waals surface area contributed by atoms with E-state index in [9.17, 15) is 24.0 Å². The average molecular weight is 438 g/mol. The number of piperidine rings is 2. The van der Waals surface area contributed by atoms with Crippen molar-refractivity contribution >= 4 is 35.6 Å². The number of likely N-dealkylation sites (tertiary alicyclic amines) is 1. The van der Waals surface area contributed by atoms with Crippen molar-refractivity contribution in [3.63, 3.8) is 0 Å². The van der Waals surface area contributed by atoms with Gasteiger partial charge < -0.3 is 14.6 Å². The van der Waals surface area contributed by atoms with Crippen LogP contribution in [0.3, 0.4) is 0 Å². The number of carbonyl (C=O) groups is 5. The first-order chi connectivity index (χ1) is 15.4. The van der Waals surface area contributed by atoms with Crippen LogP contribution in [-0.4, -0.2) is 78.5 Å². The number of amides is 4. The lowest BCUT2D eigenvalue weighted by Gasteiger charge is -2.41. The van der Waals surface area contributed by atoms with Crippen LogP contribution in [0.4, 0.5) is 5.69 Å². The van der Waals surface area contributed by atoms with Crippen LogP contribution in [0.15, 0.2) is 18.2 Å². The molecule has 1 atom stereocenters. The first kappa shape index (κ1) is 20.8. The molecule has 0 aromatic heterocycles. The maximum Gasteiger partial charge on any atom is 0.262 e. The fourth-order valence-electron chi connectivity index (χ4n) is 5.24. The SMILES string of the molecule is O=CC1CN(CC2CCN(c3ccc4c(c3)C(=O)N(C3CCC(=O)NC3=O)C4=O)CC2)C1. The second kappa shape index (κ2) is 8.12. The molecule has 32 heavy (non-hydrogen) atoms. The third kappa shape index (κ3) is 3.60. The molecule has 1 aromatic carbocycles. The summed E-state index contributed by atoms with van der Waals surface area (Å²) in [6.07, 6.45) is 3.38. The second-order valence-corrected chi connectivity index (χ2v) is 9.22. The first-order valence-electron chi connectivity index (χ1n) is 11.2. The standard InChI is InChI=1S/C23H26N4O5/c28-13-15-11-25(12-15)10-14-5-7-26(8-6-14)16-1-2-17-18(9-16)23(32)27(22(17)31)19-3-4-20(29)24-21(19)30/h1-2,9,13-15,19H,3-8,10-12H2,(H,24,29,30). The molecule has 1 N–H and O–H groups in total. The topological polar surface area (TPSA) is 107 Å². The van der Waals surface area contributed by atoms with Crippen LogP contribution in [0.2, 0.25) is 0 Å². The Bertz CT molecular complexity index is 994. The van der Waals surface area contributed by atoms with E-state index in [-0.39, 0.29) is 24.7 Å². The van der Waals surface area contributed by atoms with Crippen molar-refractivity contribution in [1.82, 2.24) is 15.1 Å². The van der Waals surface area contributed by atoms with Gasteiger partial charge in [-0.2, -0.15) is 0 Å². The highest BCUT2D eigenvalue weighted by Crippen LogP contribution is 2.32. The molecule has 4 heterocycles. The Balaban J connectivity index is 1.24. The summed E-state index contributed by atoms with van der Waals surface area (Å²) in [6.45, 7) is 4.50. The van der Waals surface area contributed by atoms with Gasteiger partial charge in [0.25, 0.3) is 11.8 Å². The minimum Gasteiger partial charge on any atom is -0.371 e. The number of nitrogens with zero attached hydrogens (tertiary/aromatic N) is 3. The van der Waals surface area contributed by atoms with E-state index in [2.05, 4.69) is 15.1 Å². The highest BCUT2D eigenvalue weighted by atomic mass is 16.2. The first-order valence-corrected chi connectivity index (χ1v) is 11.2. The zero-order chi connectivity index (χ0) is 22.4. The molecule has 4 aliphatic rings. The Hall–Kier alpha value is -3.07. The van der Waals surface area contributed by atoms with Crippen LogP contribution in [0.1, 0.15) is 46.4 Å². The molecule has 0 bridgehead atoms. The Kier molecular flexibility index (Phi) is 5.28. The van der Waals surface area contributed by atoms with Gasteiger partial charge in [-0.3, -0.25) is 29.4 Å². The number of benzene rings is 1. The molecule has 1 unspecified atom stereocenters. The van der Waals surface area contributed by atoms with Crippen molar-refractivity contribution in [2.24, 2.45) is 11.8 Å². The van der Waals surface area contributed by atoms with Crippen molar-refractivity contribution in [3.05, 3.63) is 29.3 Å². The lowest BCUT2D eigenvalue weighted by atomic mass is 9.92. The Labute approximate surface area is 185 Å². The smallest absolute Gasteiger partial charge is 0.262 e. The Morgan fingerprint density at radius 3 is 2.38 bits per heavy atom. The predicted molar refractivity (Wildman–Crippen MR) is 114 cm³/mol. The van der Waals surface area contributed by atoms with E-state index in [1.165, 1.54) is 0 Å². The van der Waals surface area contributed by atoms with Crippen molar-refractivity contribution in [1.29, 1.82) is 0 Å². The highest BCUT2D eigenvalue weighted by Gasteiger charge is 2.44. The fourth-order valence-corrected chi connectivity index (χ4v) is 5.24. The summed E-state index contributed by atoms with van der Waals surface area (Å²) in [5, 5.41) is 2.22. The van der Waals surface area contributed by atoms with Gasteiger partial charge in [0.05, 0.1) is 11.1 Å². The minimum absolute atomic E-state index is 0.108. The van der Waals surface area contributed by atoms with Crippen LogP contribution < -0.4 is 10.2 Å². The summed E-state index contributed by atoms with van der Waals surface area (Å²) < 4.78 is 0. The molecule has 168 valence electrons. The van der Waals surface area contributed by atoms with Gasteiger partial charge >= 0.3 is 0 Å². The van der Waals surface area contributed by atoms with E-state index in [0.29, 0.717) is 17.0 Å². The van der Waals surface area contributed by atoms with E-state index in [1.807, 2.05) is 6.07 Å². The summed E-state index contributed by atoms with van der Waals surface area (Å²) in [4.78, 5) is 65.8. The van der Waals surface area contributed by atoms with Crippen LogP contribution in [-0.2, 0) is 14.4 Å². The van der Waals surface area contributed by atoms with Crippen molar-refractivity contribution in [2.75, 3.05) is 37.6 Å². The largest absolute Gasteiger partial charge is 0.371 e. The highest BCUT2D eigenvalue weighted by molar-refractivity contribution is 6.23. The normalized spacial score (nSPS) is 25.1. The molecule has 4 aliphatic heterocycles. The van der Waals surface area contributed by atoms with Crippen molar-refractivity contribution in [2.45, 2.75) is 31.7 Å². The quantitative estimate of drug-likeness (QED) is 0.525. The summed E-state index contributed by atoms with van der Waals surface area (Å²) in [6, 6.07) is 4.34. The molecule has 0 saturated carbocycles. The van der Waals surface area contributed by atoms with Crippen LogP contribution in [0, 0.1) is 11.8 Å². The van der Waals surface area contributed by atoms with E-state index < -0.39 is 23.8 Å². The summed E-state index contributed by atoms with van der Waals surface area (Å²) in [7, 11) is 0. The number of anilines is 1. The maximum absolute atomic E-state index is 13.0. The van der Waals surface area contributed by atoms with Crippen LogP contribution in [0.25, 0.3) is 0 Å².